The van der Waals surface area contributed by atoms with Gasteiger partial charge < -0.3 is 20.5 Å². The van der Waals surface area contributed by atoms with E-state index in [4.69, 9.17) is 10.5 Å². The first-order valence-electron chi connectivity index (χ1n) is 9.94. The molecule has 5 nitrogen and oxygen atoms in total. The summed E-state index contributed by atoms with van der Waals surface area (Å²) in [6.07, 6.45) is 7.89. The second-order valence-corrected chi connectivity index (χ2v) is 8.68. The Morgan fingerprint density at radius 2 is 2.11 bits per heavy atom. The van der Waals surface area contributed by atoms with Crippen molar-refractivity contribution in [2.45, 2.75) is 58.5 Å². The Bertz CT molecular complexity index is 735. The number of aliphatic hydroxyl groups is 1. The Hall–Kier alpha value is -2.01. The van der Waals surface area contributed by atoms with Crippen LogP contribution in [-0.4, -0.2) is 43.7 Å². The van der Waals surface area contributed by atoms with Crippen LogP contribution >= 0.6 is 0 Å². The van der Waals surface area contributed by atoms with Crippen LogP contribution in [0.4, 0.5) is 5.69 Å². The van der Waals surface area contributed by atoms with Gasteiger partial charge in [0.2, 0.25) is 0 Å². The third-order valence-electron chi connectivity index (χ3n) is 5.59. The second-order valence-electron chi connectivity index (χ2n) is 8.68. The van der Waals surface area contributed by atoms with Crippen molar-refractivity contribution < 1.29 is 9.84 Å². The van der Waals surface area contributed by atoms with Gasteiger partial charge in [0.1, 0.15) is 5.75 Å². The lowest BCUT2D eigenvalue weighted by Crippen LogP contribution is -2.34. The summed E-state index contributed by atoms with van der Waals surface area (Å²) < 4.78 is 6.34. The maximum atomic E-state index is 9.62. The average molecular weight is 372 g/mol. The highest BCUT2D eigenvalue weighted by Gasteiger charge is 2.27. The van der Waals surface area contributed by atoms with Crippen molar-refractivity contribution in [1.82, 2.24) is 0 Å². The van der Waals surface area contributed by atoms with Crippen LogP contribution < -0.4 is 15.4 Å². The first kappa shape index (κ1) is 19.7. The number of anilines is 1. The van der Waals surface area contributed by atoms with E-state index in [1.54, 1.807) is 6.20 Å². The van der Waals surface area contributed by atoms with Crippen molar-refractivity contribution in [3.8, 4) is 5.75 Å². The highest BCUT2D eigenvalue weighted by atomic mass is 16.5. The third-order valence-corrected chi connectivity index (χ3v) is 5.59. The molecule has 148 valence electrons. The van der Waals surface area contributed by atoms with Crippen LogP contribution in [0.15, 0.2) is 23.3 Å². The highest BCUT2D eigenvalue weighted by molar-refractivity contribution is 6.11. The van der Waals surface area contributed by atoms with E-state index < -0.39 is 0 Å². The molecule has 1 aliphatic carbocycles. The summed E-state index contributed by atoms with van der Waals surface area (Å²) >= 11 is 0. The van der Waals surface area contributed by atoms with E-state index in [-0.39, 0.29) is 12.0 Å². The van der Waals surface area contributed by atoms with Gasteiger partial charge in [0.05, 0.1) is 19.3 Å². The van der Waals surface area contributed by atoms with Gasteiger partial charge in [0, 0.05) is 53.3 Å². The van der Waals surface area contributed by atoms with Crippen LogP contribution in [0.1, 0.15) is 51.2 Å². The van der Waals surface area contributed by atoms with E-state index >= 15 is 0 Å². The van der Waals surface area contributed by atoms with E-state index in [1.165, 1.54) is 11.3 Å². The van der Waals surface area contributed by atoms with Gasteiger partial charge in [0.15, 0.2) is 0 Å². The normalized spacial score (nSPS) is 20.9. The molecule has 0 spiro atoms. The molecule has 0 aromatic heterocycles. The molecule has 1 heterocycles. The molecule has 3 rings (SSSR count). The molecule has 1 aromatic rings. The summed E-state index contributed by atoms with van der Waals surface area (Å²) in [6.45, 7) is 6.79. The molecule has 27 heavy (non-hydrogen) atoms. The van der Waals surface area contributed by atoms with Crippen molar-refractivity contribution in [3.05, 3.63) is 29.5 Å². The zero-order valence-corrected chi connectivity index (χ0v) is 17.0. The monoisotopic (exact) mass is 371 g/mol. The Morgan fingerprint density at radius 1 is 1.37 bits per heavy atom. The molecule has 0 amide bonds. The molecule has 1 aliphatic heterocycles. The number of ether oxygens (including phenoxy) is 1. The molecule has 1 saturated carbocycles. The topological polar surface area (TPSA) is 71.1 Å². The molecule has 1 aromatic carbocycles. The number of nitrogens with two attached hydrogens (primary N) is 1. The number of benzene rings is 1. The first-order valence-corrected chi connectivity index (χ1v) is 9.94. The van der Waals surface area contributed by atoms with E-state index in [9.17, 15) is 5.11 Å². The van der Waals surface area contributed by atoms with Gasteiger partial charge in [-0.15, -0.1) is 0 Å². The number of nitrogens with zero attached hydrogens (tertiary/aromatic N) is 2. The summed E-state index contributed by atoms with van der Waals surface area (Å²) in [7, 11) is 2.14. The number of allylic oxidation sites excluding steroid dienone is 1. The molecular formula is C22H33N3O2. The van der Waals surface area contributed by atoms with Crippen LogP contribution in [0.3, 0.4) is 0 Å². The van der Waals surface area contributed by atoms with E-state index in [2.05, 4.69) is 36.0 Å². The molecular weight excluding hydrogens is 338 g/mol. The maximum Gasteiger partial charge on any atom is 0.132 e. The minimum atomic E-state index is -0.303. The zero-order valence-electron chi connectivity index (χ0n) is 17.0. The Morgan fingerprint density at radius 3 is 2.74 bits per heavy atom. The number of rotatable bonds is 7. The lowest BCUT2D eigenvalue weighted by Gasteiger charge is -2.36. The Kier molecular flexibility index (Phi) is 5.80. The first-order chi connectivity index (χ1) is 12.9. The minimum Gasteiger partial charge on any atom is -0.492 e. The number of hydrogen-bond donors (Lipinski definition) is 2. The number of aliphatic imine (C=N–C) groups is 1. The molecule has 0 radical (unpaired) electrons. The van der Waals surface area contributed by atoms with E-state index in [0.717, 1.165) is 42.6 Å². The zero-order chi connectivity index (χ0) is 19.6. The number of hydrogen-bond acceptors (Lipinski definition) is 5. The SMILES string of the molecule is CC1CCc2c(ccc(C(C=NC3CC3)=CN)c2OCC(C)(C)CO)N1C. The van der Waals surface area contributed by atoms with Crippen LogP contribution in [0, 0.1) is 5.41 Å². The number of fused-ring (bicyclic) bond motifs is 1. The minimum absolute atomic E-state index is 0.0804. The third kappa shape index (κ3) is 4.46. The smallest absolute Gasteiger partial charge is 0.132 e. The lowest BCUT2D eigenvalue weighted by molar-refractivity contribution is 0.0968. The van der Waals surface area contributed by atoms with Gasteiger partial charge in [-0.2, -0.15) is 0 Å². The molecule has 2 aliphatic rings. The van der Waals surface area contributed by atoms with Gasteiger partial charge in [-0.05, 0) is 44.7 Å². The summed E-state index contributed by atoms with van der Waals surface area (Å²) in [5, 5.41) is 9.62. The summed E-state index contributed by atoms with van der Waals surface area (Å²) in [5.74, 6) is 0.881. The fourth-order valence-corrected chi connectivity index (χ4v) is 3.29. The van der Waals surface area contributed by atoms with Crippen LogP contribution in [0.2, 0.25) is 0 Å². The quantitative estimate of drug-likeness (QED) is 0.721. The van der Waals surface area contributed by atoms with Gasteiger partial charge in [-0.1, -0.05) is 13.8 Å². The largest absolute Gasteiger partial charge is 0.492 e. The van der Waals surface area contributed by atoms with Gasteiger partial charge in [0.25, 0.3) is 0 Å². The van der Waals surface area contributed by atoms with Crippen LogP contribution in [0.5, 0.6) is 5.75 Å². The van der Waals surface area contributed by atoms with E-state index in [0.29, 0.717) is 18.7 Å². The molecule has 5 heteroatoms. The Balaban J connectivity index is 2.01. The summed E-state index contributed by atoms with van der Waals surface area (Å²) in [6, 6.07) is 5.21. The van der Waals surface area contributed by atoms with Crippen LogP contribution in [0.25, 0.3) is 5.57 Å². The van der Waals surface area contributed by atoms with Gasteiger partial charge in [-0.25, -0.2) is 0 Å². The molecule has 0 bridgehead atoms. The molecule has 1 fully saturated rings. The van der Waals surface area contributed by atoms with Gasteiger partial charge >= 0.3 is 0 Å². The van der Waals surface area contributed by atoms with Crippen molar-refractivity contribution in [2.24, 2.45) is 16.1 Å². The van der Waals surface area contributed by atoms with E-state index in [1.807, 2.05) is 20.1 Å². The van der Waals surface area contributed by atoms with Crippen molar-refractivity contribution in [2.75, 3.05) is 25.2 Å². The second kappa shape index (κ2) is 7.93. The predicted octanol–water partition coefficient (Wildman–Crippen LogP) is 3.39. The molecule has 1 unspecified atom stereocenters. The predicted molar refractivity (Wildman–Crippen MR) is 113 cm³/mol. The van der Waals surface area contributed by atoms with Crippen molar-refractivity contribution in [3.63, 3.8) is 0 Å². The molecule has 1 atom stereocenters. The highest BCUT2D eigenvalue weighted by Crippen LogP contribution is 2.41. The molecule has 0 saturated heterocycles. The number of aliphatic hydroxyl groups excluding tert-OH is 1. The average Bonchev–Trinajstić information content (AvgIpc) is 3.48. The standard InChI is InChI=1S/C22H33N3O2/c1-15-5-8-19-20(25(15)4)10-9-18(16(11-23)12-24-17-6-7-17)21(19)27-14-22(2,3)13-26/h9-12,15,17,26H,5-8,13-14,23H2,1-4H3. The lowest BCUT2D eigenvalue weighted by atomic mass is 9.91. The Labute approximate surface area is 162 Å². The summed E-state index contributed by atoms with van der Waals surface area (Å²) in [4.78, 5) is 6.93. The van der Waals surface area contributed by atoms with Gasteiger partial charge in [-0.3, -0.25) is 4.99 Å². The fraction of sp³-hybridized carbons (Fsp3) is 0.591. The van der Waals surface area contributed by atoms with Crippen LogP contribution in [-0.2, 0) is 6.42 Å². The van der Waals surface area contributed by atoms with Crippen molar-refractivity contribution in [1.29, 1.82) is 0 Å². The maximum absolute atomic E-state index is 9.62. The fourth-order valence-electron chi connectivity index (χ4n) is 3.29. The van der Waals surface area contributed by atoms with Crippen molar-refractivity contribution >= 4 is 17.5 Å². The summed E-state index contributed by atoms with van der Waals surface area (Å²) in [5.41, 5.74) is 9.96. The molecule has 3 N–H and O–H groups in total.